The van der Waals surface area contributed by atoms with Gasteiger partial charge in [0.15, 0.2) is 6.61 Å². The van der Waals surface area contributed by atoms with E-state index in [0.29, 0.717) is 17.2 Å². The van der Waals surface area contributed by atoms with Crippen molar-refractivity contribution in [2.45, 2.75) is 32.9 Å². The molecule has 0 saturated heterocycles. The Morgan fingerprint density at radius 2 is 1.89 bits per heavy atom. The summed E-state index contributed by atoms with van der Waals surface area (Å²) in [5.74, 6) is -0.445. The highest BCUT2D eigenvalue weighted by molar-refractivity contribution is 6.31. The van der Waals surface area contributed by atoms with Crippen LogP contribution in [0, 0.1) is 12.7 Å². The second-order valence-electron chi connectivity index (χ2n) is 6.39. The van der Waals surface area contributed by atoms with Gasteiger partial charge in [-0.25, -0.2) is 4.39 Å². The van der Waals surface area contributed by atoms with Crippen LogP contribution >= 0.6 is 11.6 Å². The van der Waals surface area contributed by atoms with Gasteiger partial charge in [-0.2, -0.15) is 0 Å². The Labute approximate surface area is 169 Å². The number of carbonyl (C=O) groups is 2. The summed E-state index contributed by atoms with van der Waals surface area (Å²) < 4.78 is 18.8. The van der Waals surface area contributed by atoms with E-state index in [1.807, 2.05) is 13.8 Å². The Kier molecular flexibility index (Phi) is 7.81. The van der Waals surface area contributed by atoms with E-state index in [0.717, 1.165) is 11.1 Å². The van der Waals surface area contributed by atoms with Gasteiger partial charge in [0.05, 0.1) is 0 Å². The molecule has 0 fully saturated rings. The molecule has 2 aromatic carbocycles. The summed E-state index contributed by atoms with van der Waals surface area (Å²) in [6.07, 6.45) is 0.437. The lowest BCUT2D eigenvalue weighted by Crippen LogP contribution is -2.49. The van der Waals surface area contributed by atoms with E-state index in [-0.39, 0.29) is 30.8 Å². The van der Waals surface area contributed by atoms with Gasteiger partial charge in [0, 0.05) is 18.6 Å². The summed E-state index contributed by atoms with van der Waals surface area (Å²) in [5, 5.41) is 3.20. The summed E-state index contributed by atoms with van der Waals surface area (Å²) in [7, 11) is 1.53. The maximum atomic E-state index is 13.2. The van der Waals surface area contributed by atoms with Crippen LogP contribution in [-0.2, 0) is 16.1 Å². The van der Waals surface area contributed by atoms with Gasteiger partial charge >= 0.3 is 0 Å². The van der Waals surface area contributed by atoms with Crippen molar-refractivity contribution in [3.8, 4) is 5.75 Å². The van der Waals surface area contributed by atoms with Crippen LogP contribution in [0.15, 0.2) is 42.5 Å². The van der Waals surface area contributed by atoms with Crippen LogP contribution in [0.3, 0.4) is 0 Å². The maximum absolute atomic E-state index is 13.2. The number of nitrogens with zero attached hydrogens (tertiary/aromatic N) is 1. The molecule has 2 amide bonds. The largest absolute Gasteiger partial charge is 0.484 e. The van der Waals surface area contributed by atoms with Crippen LogP contribution in [0.25, 0.3) is 0 Å². The van der Waals surface area contributed by atoms with Gasteiger partial charge in [0.2, 0.25) is 5.91 Å². The molecule has 0 aliphatic carbocycles. The van der Waals surface area contributed by atoms with Crippen LogP contribution < -0.4 is 10.1 Å². The second kappa shape index (κ2) is 10.1. The molecule has 5 nitrogen and oxygen atoms in total. The average molecular weight is 407 g/mol. The summed E-state index contributed by atoms with van der Waals surface area (Å²) >= 11 is 6.00. The van der Waals surface area contributed by atoms with Crippen LogP contribution in [0.4, 0.5) is 4.39 Å². The van der Waals surface area contributed by atoms with Gasteiger partial charge in [-0.15, -0.1) is 0 Å². The molecule has 1 atom stereocenters. The van der Waals surface area contributed by atoms with E-state index in [4.69, 9.17) is 16.3 Å². The van der Waals surface area contributed by atoms with Gasteiger partial charge < -0.3 is 15.0 Å². The highest BCUT2D eigenvalue weighted by Crippen LogP contribution is 2.21. The first-order valence-electron chi connectivity index (χ1n) is 9.00. The van der Waals surface area contributed by atoms with E-state index in [1.165, 1.54) is 24.1 Å². The fraction of sp³-hybridized carbons (Fsp3) is 0.333. The fourth-order valence-corrected chi connectivity index (χ4v) is 2.93. The predicted octanol–water partition coefficient (Wildman–Crippen LogP) is 3.72. The molecule has 0 heterocycles. The molecule has 7 heteroatoms. The van der Waals surface area contributed by atoms with E-state index in [2.05, 4.69) is 5.32 Å². The number of aryl methyl sites for hydroxylation is 1. The van der Waals surface area contributed by atoms with E-state index in [9.17, 15) is 14.0 Å². The van der Waals surface area contributed by atoms with Gasteiger partial charge in [-0.3, -0.25) is 9.59 Å². The molecule has 0 spiro atoms. The third-order valence-electron chi connectivity index (χ3n) is 4.39. The minimum absolute atomic E-state index is 0.175. The number of halogens is 2. The van der Waals surface area contributed by atoms with E-state index < -0.39 is 6.04 Å². The lowest BCUT2D eigenvalue weighted by molar-refractivity contribution is -0.142. The molecule has 0 aromatic heterocycles. The minimum atomic E-state index is -0.655. The van der Waals surface area contributed by atoms with Crippen molar-refractivity contribution in [1.29, 1.82) is 0 Å². The van der Waals surface area contributed by atoms with E-state index in [1.54, 1.807) is 30.3 Å². The SMILES string of the molecule is CCC(C(=O)NC)N(Cc1ccc(F)cc1)C(=O)COc1ccc(Cl)c(C)c1. The second-order valence-corrected chi connectivity index (χ2v) is 6.79. The molecule has 0 bridgehead atoms. The van der Waals surface area contributed by atoms with Crippen molar-refractivity contribution in [1.82, 2.24) is 10.2 Å². The number of ether oxygens (including phenoxy) is 1. The molecule has 0 aliphatic heterocycles. The molecule has 1 unspecified atom stereocenters. The summed E-state index contributed by atoms with van der Waals surface area (Å²) in [5.41, 5.74) is 1.56. The summed E-state index contributed by atoms with van der Waals surface area (Å²) in [4.78, 5) is 26.6. The molecule has 0 saturated carbocycles. The highest BCUT2D eigenvalue weighted by atomic mass is 35.5. The summed E-state index contributed by atoms with van der Waals surface area (Å²) in [6, 6.07) is 10.3. The Morgan fingerprint density at radius 1 is 1.21 bits per heavy atom. The molecule has 2 rings (SSSR count). The third-order valence-corrected chi connectivity index (χ3v) is 4.81. The van der Waals surface area contributed by atoms with Gasteiger partial charge in [-0.05, 0) is 54.8 Å². The molecule has 2 aromatic rings. The molecule has 0 aliphatic rings. The molecular weight excluding hydrogens is 383 g/mol. The Balaban J connectivity index is 2.18. The van der Waals surface area contributed by atoms with Crippen molar-refractivity contribution in [2.75, 3.05) is 13.7 Å². The van der Waals surface area contributed by atoms with Crippen molar-refractivity contribution < 1.29 is 18.7 Å². The first kappa shape index (κ1) is 21.7. The number of likely N-dealkylation sites (N-methyl/N-ethyl adjacent to an activating group) is 1. The number of hydrogen-bond donors (Lipinski definition) is 1. The number of benzene rings is 2. The zero-order valence-electron chi connectivity index (χ0n) is 16.2. The van der Waals surface area contributed by atoms with Crippen LogP contribution in [0.2, 0.25) is 5.02 Å². The molecule has 150 valence electrons. The van der Waals surface area contributed by atoms with Crippen molar-refractivity contribution >= 4 is 23.4 Å². The Hall–Kier alpha value is -2.60. The molecule has 1 N–H and O–H groups in total. The van der Waals surface area contributed by atoms with Crippen LogP contribution in [-0.4, -0.2) is 36.4 Å². The third kappa shape index (κ3) is 5.70. The first-order valence-corrected chi connectivity index (χ1v) is 9.38. The maximum Gasteiger partial charge on any atom is 0.261 e. The average Bonchev–Trinajstić information content (AvgIpc) is 2.69. The Bertz CT molecular complexity index is 827. The quantitative estimate of drug-likeness (QED) is 0.726. The zero-order valence-corrected chi connectivity index (χ0v) is 16.9. The topological polar surface area (TPSA) is 58.6 Å². The summed E-state index contributed by atoms with van der Waals surface area (Å²) in [6.45, 7) is 3.62. The monoisotopic (exact) mass is 406 g/mol. The fourth-order valence-electron chi connectivity index (χ4n) is 2.81. The molecule has 0 radical (unpaired) electrons. The minimum Gasteiger partial charge on any atom is -0.484 e. The lowest BCUT2D eigenvalue weighted by Gasteiger charge is -2.30. The number of rotatable bonds is 8. The zero-order chi connectivity index (χ0) is 20.7. The molecule has 28 heavy (non-hydrogen) atoms. The number of carbonyl (C=O) groups excluding carboxylic acids is 2. The van der Waals surface area contributed by atoms with E-state index >= 15 is 0 Å². The van der Waals surface area contributed by atoms with Gasteiger partial charge in [0.1, 0.15) is 17.6 Å². The smallest absolute Gasteiger partial charge is 0.261 e. The van der Waals surface area contributed by atoms with Crippen molar-refractivity contribution in [3.63, 3.8) is 0 Å². The number of hydrogen-bond acceptors (Lipinski definition) is 3. The first-order chi connectivity index (χ1) is 13.3. The van der Waals surface area contributed by atoms with Crippen LogP contribution in [0.1, 0.15) is 24.5 Å². The van der Waals surface area contributed by atoms with Crippen molar-refractivity contribution in [3.05, 3.63) is 64.4 Å². The number of amides is 2. The lowest BCUT2D eigenvalue weighted by atomic mass is 10.1. The Morgan fingerprint density at radius 3 is 2.46 bits per heavy atom. The number of nitrogens with one attached hydrogen (secondary N) is 1. The van der Waals surface area contributed by atoms with Crippen molar-refractivity contribution in [2.24, 2.45) is 0 Å². The molecular formula is C21H24ClFN2O3. The predicted molar refractivity (Wildman–Crippen MR) is 107 cm³/mol. The van der Waals surface area contributed by atoms with Gasteiger partial charge in [0.25, 0.3) is 5.91 Å². The highest BCUT2D eigenvalue weighted by Gasteiger charge is 2.28. The standard InChI is InChI=1S/C21H24ClFN2O3/c1-4-19(21(27)24-3)25(12-15-5-7-16(23)8-6-15)20(26)13-28-17-9-10-18(22)14(2)11-17/h5-11,19H,4,12-13H2,1-3H3,(H,24,27). The normalized spacial score (nSPS) is 11.6. The van der Waals surface area contributed by atoms with Gasteiger partial charge in [-0.1, -0.05) is 30.7 Å². The van der Waals surface area contributed by atoms with Crippen LogP contribution in [0.5, 0.6) is 5.75 Å².